The Balaban J connectivity index is 2.91. The van der Waals surface area contributed by atoms with Gasteiger partial charge >= 0.3 is 5.97 Å². The second-order valence-corrected chi connectivity index (χ2v) is 2.58. The van der Waals surface area contributed by atoms with Gasteiger partial charge in [-0.3, -0.25) is 0 Å². The van der Waals surface area contributed by atoms with Crippen molar-refractivity contribution in [3.05, 3.63) is 48.7 Å². The zero-order chi connectivity index (χ0) is 10.6. The summed E-state index contributed by atoms with van der Waals surface area (Å²) in [5, 5.41) is 8.75. The van der Waals surface area contributed by atoms with Crippen LogP contribution in [0.4, 0.5) is 0 Å². The van der Waals surface area contributed by atoms with Crippen LogP contribution in [-0.2, 0) is 4.79 Å². The summed E-state index contributed by atoms with van der Waals surface area (Å²) in [4.78, 5) is 11.0. The molecule has 0 aromatic heterocycles. The van der Waals surface area contributed by atoms with Crippen LogP contribution < -0.4 is 4.74 Å². The van der Waals surface area contributed by atoms with Crippen LogP contribution in [0.25, 0.3) is 6.08 Å². The van der Waals surface area contributed by atoms with Gasteiger partial charge in [0.15, 0.2) is 5.76 Å². The fourth-order valence-electron chi connectivity index (χ4n) is 0.901. The van der Waals surface area contributed by atoms with Crippen LogP contribution in [0.15, 0.2) is 43.2 Å². The van der Waals surface area contributed by atoms with Crippen LogP contribution in [0.3, 0.4) is 0 Å². The fourth-order valence-corrected chi connectivity index (χ4v) is 0.901. The van der Waals surface area contributed by atoms with Crippen molar-refractivity contribution in [2.24, 2.45) is 0 Å². The highest BCUT2D eigenvalue weighted by Gasteiger charge is 2.09. The van der Waals surface area contributed by atoms with Crippen molar-refractivity contribution in [3.63, 3.8) is 0 Å². The van der Waals surface area contributed by atoms with Gasteiger partial charge < -0.3 is 9.84 Å². The third-order valence-electron chi connectivity index (χ3n) is 1.58. The maximum Gasteiger partial charge on any atom is 0.378 e. The molecule has 0 bridgehead atoms. The van der Waals surface area contributed by atoms with E-state index in [1.54, 1.807) is 30.3 Å². The number of carbonyl (C=O) groups excluding carboxylic acids is 1. The Kier molecular flexibility index (Phi) is 3.07. The van der Waals surface area contributed by atoms with Gasteiger partial charge in [0.05, 0.1) is 0 Å². The van der Waals surface area contributed by atoms with Gasteiger partial charge in [-0.2, -0.15) is 0 Å². The first kappa shape index (κ1) is 10.1. The molecule has 0 aliphatic rings. The predicted molar refractivity (Wildman–Crippen MR) is 53.9 cm³/mol. The summed E-state index contributed by atoms with van der Waals surface area (Å²) in [7, 11) is 0. The van der Waals surface area contributed by atoms with E-state index in [-0.39, 0.29) is 0 Å². The lowest BCUT2D eigenvalue weighted by atomic mass is 10.2. The molecule has 0 aliphatic heterocycles. The molecule has 0 saturated heterocycles. The Bertz CT molecular complexity index is 380. The quantitative estimate of drug-likeness (QED) is 0.344. The molecule has 14 heavy (non-hydrogen) atoms. The maximum atomic E-state index is 11.0. The molecule has 72 valence electrons. The van der Waals surface area contributed by atoms with Crippen molar-refractivity contribution in [3.8, 4) is 5.75 Å². The molecule has 3 heteroatoms. The highest BCUT2D eigenvalue weighted by atomic mass is 16.5. The minimum Gasteiger partial charge on any atom is -0.502 e. The largest absolute Gasteiger partial charge is 0.502 e. The monoisotopic (exact) mass is 190 g/mol. The second-order valence-electron chi connectivity index (χ2n) is 2.58. The van der Waals surface area contributed by atoms with E-state index in [9.17, 15) is 4.79 Å². The number of aliphatic hydroxyl groups excluding tert-OH is 1. The van der Waals surface area contributed by atoms with Crippen LogP contribution in [-0.4, -0.2) is 11.1 Å². The molecule has 0 saturated carbocycles. The average Bonchev–Trinajstić information content (AvgIpc) is 2.18. The molecule has 0 radical (unpaired) electrons. The lowest BCUT2D eigenvalue weighted by molar-refractivity contribution is -0.132. The summed E-state index contributed by atoms with van der Waals surface area (Å²) in [6.07, 6.45) is 1.56. The number of hydrogen-bond acceptors (Lipinski definition) is 3. The zero-order valence-electron chi connectivity index (χ0n) is 7.56. The molecule has 0 amide bonds. The highest BCUT2D eigenvalue weighted by Crippen LogP contribution is 2.19. The normalized spacial score (nSPS) is 9.14. The summed E-state index contributed by atoms with van der Waals surface area (Å²) in [6, 6.07) is 6.87. The maximum absolute atomic E-state index is 11.0. The number of para-hydroxylation sites is 1. The van der Waals surface area contributed by atoms with Crippen molar-refractivity contribution in [1.29, 1.82) is 0 Å². The van der Waals surface area contributed by atoms with Crippen LogP contribution >= 0.6 is 0 Å². The molecular formula is C11H10O3. The van der Waals surface area contributed by atoms with E-state index in [0.29, 0.717) is 11.3 Å². The van der Waals surface area contributed by atoms with Gasteiger partial charge in [0.1, 0.15) is 5.75 Å². The predicted octanol–water partition coefficient (Wildman–Crippen LogP) is 2.31. The van der Waals surface area contributed by atoms with Gasteiger partial charge in [0, 0.05) is 5.56 Å². The van der Waals surface area contributed by atoms with E-state index in [0.717, 1.165) is 0 Å². The second kappa shape index (κ2) is 4.28. The van der Waals surface area contributed by atoms with Crippen LogP contribution in [0.1, 0.15) is 5.56 Å². The Morgan fingerprint density at radius 2 is 2.07 bits per heavy atom. The zero-order valence-corrected chi connectivity index (χ0v) is 7.56. The first-order valence-corrected chi connectivity index (χ1v) is 3.96. The Morgan fingerprint density at radius 3 is 2.64 bits per heavy atom. The Labute approximate surface area is 81.9 Å². The molecule has 1 N–H and O–H groups in total. The summed E-state index contributed by atoms with van der Waals surface area (Å²) in [6.45, 7) is 6.63. The molecule has 0 atom stereocenters. The number of carbonyl (C=O) groups is 1. The third-order valence-corrected chi connectivity index (χ3v) is 1.58. The van der Waals surface area contributed by atoms with Gasteiger partial charge in [-0.15, -0.1) is 0 Å². The summed E-state index contributed by atoms with van der Waals surface area (Å²) < 4.78 is 4.84. The van der Waals surface area contributed by atoms with E-state index < -0.39 is 11.7 Å². The molecule has 1 aromatic carbocycles. The smallest absolute Gasteiger partial charge is 0.378 e. The molecule has 1 rings (SSSR count). The molecule has 0 aliphatic carbocycles. The van der Waals surface area contributed by atoms with Crippen molar-refractivity contribution in [2.45, 2.75) is 0 Å². The number of hydrogen-bond donors (Lipinski definition) is 1. The fraction of sp³-hybridized carbons (Fsp3) is 0. The van der Waals surface area contributed by atoms with E-state index in [1.807, 2.05) is 0 Å². The number of aliphatic hydroxyl groups is 1. The summed E-state index contributed by atoms with van der Waals surface area (Å²) in [5.41, 5.74) is 0.683. The van der Waals surface area contributed by atoms with Crippen molar-refractivity contribution >= 4 is 12.0 Å². The van der Waals surface area contributed by atoms with Gasteiger partial charge in [-0.05, 0) is 12.6 Å². The third kappa shape index (κ3) is 2.23. The minimum absolute atomic E-state index is 0.350. The standard InChI is InChI=1S/C11H10O3/c1-3-9-6-4-5-7-10(9)14-11(13)8(2)12/h3-7,12H,1-2H2. The molecule has 0 unspecified atom stereocenters. The van der Waals surface area contributed by atoms with E-state index >= 15 is 0 Å². The minimum atomic E-state index is -0.862. The van der Waals surface area contributed by atoms with Crippen LogP contribution in [0, 0.1) is 0 Å². The first-order chi connectivity index (χ1) is 6.65. The lowest BCUT2D eigenvalue weighted by Crippen LogP contribution is -2.10. The molecular weight excluding hydrogens is 180 g/mol. The number of rotatable bonds is 3. The SMILES string of the molecule is C=Cc1ccccc1OC(=O)C(=C)O. The molecule has 0 fully saturated rings. The molecule has 1 aromatic rings. The van der Waals surface area contributed by atoms with Crippen LogP contribution in [0.2, 0.25) is 0 Å². The Hall–Kier alpha value is -2.03. The summed E-state index contributed by atoms with van der Waals surface area (Å²) >= 11 is 0. The topological polar surface area (TPSA) is 46.5 Å². The first-order valence-electron chi connectivity index (χ1n) is 3.96. The van der Waals surface area contributed by atoms with Gasteiger partial charge in [0.2, 0.25) is 0 Å². The molecule has 3 nitrogen and oxygen atoms in total. The van der Waals surface area contributed by atoms with Gasteiger partial charge in [-0.25, -0.2) is 4.79 Å². The van der Waals surface area contributed by atoms with Gasteiger partial charge in [0.25, 0.3) is 0 Å². The average molecular weight is 190 g/mol. The number of ether oxygens (including phenoxy) is 1. The molecule has 0 heterocycles. The summed E-state index contributed by atoms with van der Waals surface area (Å²) in [5.74, 6) is -1.13. The number of esters is 1. The molecule has 0 spiro atoms. The van der Waals surface area contributed by atoms with Crippen molar-refractivity contribution < 1.29 is 14.6 Å². The van der Waals surface area contributed by atoms with E-state index in [4.69, 9.17) is 9.84 Å². The van der Waals surface area contributed by atoms with Crippen molar-refractivity contribution in [1.82, 2.24) is 0 Å². The number of benzene rings is 1. The lowest BCUT2D eigenvalue weighted by Gasteiger charge is -2.05. The highest BCUT2D eigenvalue weighted by molar-refractivity contribution is 5.87. The van der Waals surface area contributed by atoms with E-state index in [1.165, 1.54) is 0 Å². The van der Waals surface area contributed by atoms with Gasteiger partial charge in [-0.1, -0.05) is 30.9 Å². The Morgan fingerprint density at radius 1 is 1.43 bits per heavy atom. The van der Waals surface area contributed by atoms with E-state index in [2.05, 4.69) is 13.2 Å². The van der Waals surface area contributed by atoms with Crippen molar-refractivity contribution in [2.75, 3.05) is 0 Å². The van der Waals surface area contributed by atoms with Crippen LogP contribution in [0.5, 0.6) is 5.75 Å².